The molecule has 0 bridgehead atoms. The fraction of sp³-hybridized carbons (Fsp3) is 0.231. The number of rotatable bonds is 10. The van der Waals surface area contributed by atoms with E-state index in [4.69, 9.17) is 9.47 Å². The molecule has 0 aliphatic carbocycles. The Morgan fingerprint density at radius 2 is 1.30 bits per heavy atom. The van der Waals surface area contributed by atoms with Crippen LogP contribution in [0.2, 0.25) is 0 Å². The van der Waals surface area contributed by atoms with E-state index in [0.717, 1.165) is 36.8 Å². The topological polar surface area (TPSA) is 95.7 Å². The second kappa shape index (κ2) is 11.6. The Balaban J connectivity index is 1.56. The number of nitro benzene ring substituents is 1. The van der Waals surface area contributed by atoms with Crippen LogP contribution in [0.15, 0.2) is 72.8 Å². The van der Waals surface area contributed by atoms with E-state index in [1.807, 2.05) is 12.1 Å². The Bertz CT molecular complexity index is 1090. The van der Waals surface area contributed by atoms with Crippen molar-refractivity contribution in [2.45, 2.75) is 39.0 Å². The summed E-state index contributed by atoms with van der Waals surface area (Å²) in [7, 11) is 0. The van der Waals surface area contributed by atoms with Gasteiger partial charge in [-0.2, -0.15) is 0 Å². The second-order valence-electron chi connectivity index (χ2n) is 7.53. The highest BCUT2D eigenvalue weighted by Gasteiger charge is 2.11. The summed E-state index contributed by atoms with van der Waals surface area (Å²) in [4.78, 5) is 34.4. The second-order valence-corrected chi connectivity index (χ2v) is 7.53. The Morgan fingerprint density at radius 3 is 1.88 bits per heavy atom. The number of hydrogen-bond acceptors (Lipinski definition) is 6. The number of ether oxygens (including phenoxy) is 2. The number of unbranched alkanes of at least 4 members (excludes halogenated alkanes) is 3. The minimum atomic E-state index is -0.559. The number of esters is 2. The van der Waals surface area contributed by atoms with Crippen LogP contribution >= 0.6 is 0 Å². The first-order valence-electron chi connectivity index (χ1n) is 10.8. The molecule has 0 radical (unpaired) electrons. The Kier molecular flexibility index (Phi) is 8.30. The number of nitrogens with zero attached hydrogens (tertiary/aromatic N) is 1. The van der Waals surface area contributed by atoms with Crippen LogP contribution in [-0.2, 0) is 4.79 Å². The van der Waals surface area contributed by atoms with Gasteiger partial charge < -0.3 is 9.47 Å². The predicted octanol–water partition coefficient (Wildman–Crippen LogP) is 6.36. The molecule has 0 atom stereocenters. The standard InChI is InChI=1S/C26H25NO6/c1-2-3-4-5-6-25(28)32-23-15-11-20(12-16-23)19-7-9-21(10-8-19)26(29)33-24-17-13-22(14-18-24)27(30)31/h7-18H,2-6H2,1H3. The largest absolute Gasteiger partial charge is 0.427 e. The zero-order valence-corrected chi connectivity index (χ0v) is 18.4. The van der Waals surface area contributed by atoms with Crippen molar-refractivity contribution in [2.24, 2.45) is 0 Å². The van der Waals surface area contributed by atoms with Gasteiger partial charge in [0.1, 0.15) is 11.5 Å². The van der Waals surface area contributed by atoms with Crippen LogP contribution in [-0.4, -0.2) is 16.9 Å². The van der Waals surface area contributed by atoms with Crippen molar-refractivity contribution >= 4 is 17.6 Å². The number of carbonyl (C=O) groups is 2. The Morgan fingerprint density at radius 1 is 0.758 bits per heavy atom. The summed E-state index contributed by atoms with van der Waals surface area (Å²) < 4.78 is 10.6. The molecule has 3 aromatic rings. The molecule has 0 aliphatic rings. The average Bonchev–Trinajstić information content (AvgIpc) is 2.83. The molecule has 0 spiro atoms. The molecular formula is C26H25NO6. The molecule has 170 valence electrons. The lowest BCUT2D eigenvalue weighted by molar-refractivity contribution is -0.384. The van der Waals surface area contributed by atoms with E-state index in [2.05, 4.69) is 6.92 Å². The Hall–Kier alpha value is -4.00. The molecule has 0 aliphatic heterocycles. The molecule has 3 rings (SSSR count). The lowest BCUT2D eigenvalue weighted by atomic mass is 10.0. The van der Waals surface area contributed by atoms with Gasteiger partial charge in [0.05, 0.1) is 10.5 Å². The third-order valence-corrected chi connectivity index (χ3v) is 5.03. The van der Waals surface area contributed by atoms with Gasteiger partial charge in [0.15, 0.2) is 0 Å². The van der Waals surface area contributed by atoms with Gasteiger partial charge in [-0.25, -0.2) is 4.79 Å². The third kappa shape index (κ3) is 7.00. The van der Waals surface area contributed by atoms with Gasteiger partial charge >= 0.3 is 11.9 Å². The first-order valence-corrected chi connectivity index (χ1v) is 10.8. The molecule has 3 aromatic carbocycles. The van der Waals surface area contributed by atoms with Gasteiger partial charge in [-0.05, 0) is 53.9 Å². The molecule has 0 N–H and O–H groups in total. The van der Waals surface area contributed by atoms with Crippen LogP contribution in [0, 0.1) is 10.1 Å². The maximum absolute atomic E-state index is 12.3. The molecule has 0 saturated heterocycles. The first-order chi connectivity index (χ1) is 16.0. The minimum Gasteiger partial charge on any atom is -0.427 e. The van der Waals surface area contributed by atoms with E-state index < -0.39 is 10.9 Å². The van der Waals surface area contributed by atoms with E-state index in [1.165, 1.54) is 24.3 Å². The van der Waals surface area contributed by atoms with E-state index in [1.54, 1.807) is 36.4 Å². The number of non-ortho nitro benzene ring substituents is 1. The molecular weight excluding hydrogens is 422 g/mol. The van der Waals surface area contributed by atoms with Crippen LogP contribution in [0.4, 0.5) is 5.69 Å². The summed E-state index contributed by atoms with van der Waals surface area (Å²) >= 11 is 0. The summed E-state index contributed by atoms with van der Waals surface area (Å²) in [5, 5.41) is 10.7. The highest BCUT2D eigenvalue weighted by atomic mass is 16.6. The molecule has 33 heavy (non-hydrogen) atoms. The van der Waals surface area contributed by atoms with Crippen molar-refractivity contribution in [1.29, 1.82) is 0 Å². The molecule has 7 nitrogen and oxygen atoms in total. The lowest BCUT2D eigenvalue weighted by Gasteiger charge is -2.07. The monoisotopic (exact) mass is 447 g/mol. The molecule has 0 unspecified atom stereocenters. The Labute approximate surface area is 192 Å². The summed E-state index contributed by atoms with van der Waals surface area (Å²) in [6.07, 6.45) is 4.53. The van der Waals surface area contributed by atoms with Crippen molar-refractivity contribution in [2.75, 3.05) is 0 Å². The third-order valence-electron chi connectivity index (χ3n) is 5.03. The number of hydrogen-bond donors (Lipinski definition) is 0. The van der Waals surface area contributed by atoms with Crippen LogP contribution in [0.25, 0.3) is 11.1 Å². The fourth-order valence-electron chi connectivity index (χ4n) is 3.19. The van der Waals surface area contributed by atoms with Gasteiger partial charge in [-0.3, -0.25) is 14.9 Å². The zero-order valence-electron chi connectivity index (χ0n) is 18.4. The van der Waals surface area contributed by atoms with Crippen molar-refractivity contribution < 1.29 is 24.0 Å². The molecule has 7 heteroatoms. The first kappa shape index (κ1) is 23.7. The van der Waals surface area contributed by atoms with Gasteiger partial charge in [-0.15, -0.1) is 0 Å². The fourth-order valence-corrected chi connectivity index (χ4v) is 3.19. The van der Waals surface area contributed by atoms with E-state index >= 15 is 0 Å². The van der Waals surface area contributed by atoms with Gasteiger partial charge in [0.25, 0.3) is 5.69 Å². The molecule has 0 aromatic heterocycles. The highest BCUT2D eigenvalue weighted by Crippen LogP contribution is 2.24. The number of nitro groups is 1. The van der Waals surface area contributed by atoms with Crippen molar-refractivity contribution in [3.05, 3.63) is 88.5 Å². The highest BCUT2D eigenvalue weighted by molar-refractivity contribution is 5.91. The quantitative estimate of drug-likeness (QED) is 0.118. The maximum Gasteiger partial charge on any atom is 0.343 e. The number of benzene rings is 3. The van der Waals surface area contributed by atoms with E-state index in [-0.39, 0.29) is 17.4 Å². The molecule has 0 heterocycles. The normalized spacial score (nSPS) is 10.5. The molecule has 0 amide bonds. The van der Waals surface area contributed by atoms with E-state index in [0.29, 0.717) is 17.7 Å². The van der Waals surface area contributed by atoms with Gasteiger partial charge in [0, 0.05) is 18.6 Å². The molecule has 0 fully saturated rings. The molecule has 0 saturated carbocycles. The smallest absolute Gasteiger partial charge is 0.343 e. The average molecular weight is 447 g/mol. The van der Waals surface area contributed by atoms with Crippen molar-refractivity contribution in [3.8, 4) is 22.6 Å². The van der Waals surface area contributed by atoms with Gasteiger partial charge in [0.2, 0.25) is 0 Å². The van der Waals surface area contributed by atoms with Crippen LogP contribution in [0.3, 0.4) is 0 Å². The van der Waals surface area contributed by atoms with Crippen LogP contribution in [0.5, 0.6) is 11.5 Å². The maximum atomic E-state index is 12.3. The van der Waals surface area contributed by atoms with Crippen molar-refractivity contribution in [3.63, 3.8) is 0 Å². The predicted molar refractivity (Wildman–Crippen MR) is 124 cm³/mol. The van der Waals surface area contributed by atoms with Crippen LogP contribution in [0.1, 0.15) is 49.4 Å². The summed E-state index contributed by atoms with van der Waals surface area (Å²) in [5.41, 5.74) is 2.07. The number of carbonyl (C=O) groups excluding carboxylic acids is 2. The summed E-state index contributed by atoms with van der Waals surface area (Å²) in [5.74, 6) is -0.0564. The SMILES string of the molecule is CCCCCCC(=O)Oc1ccc(-c2ccc(C(=O)Oc3ccc([N+](=O)[O-])cc3)cc2)cc1. The summed E-state index contributed by atoms with van der Waals surface area (Å²) in [6.45, 7) is 2.13. The van der Waals surface area contributed by atoms with Crippen LogP contribution < -0.4 is 9.47 Å². The van der Waals surface area contributed by atoms with Crippen molar-refractivity contribution in [1.82, 2.24) is 0 Å². The van der Waals surface area contributed by atoms with Gasteiger partial charge in [-0.1, -0.05) is 50.5 Å². The minimum absolute atomic E-state index is 0.0769. The summed E-state index contributed by atoms with van der Waals surface area (Å²) in [6, 6.07) is 19.4. The lowest BCUT2D eigenvalue weighted by Crippen LogP contribution is -2.08. The zero-order chi connectivity index (χ0) is 23.6. The van der Waals surface area contributed by atoms with E-state index in [9.17, 15) is 19.7 Å².